The molecule has 4 aromatic rings. The van der Waals surface area contributed by atoms with E-state index in [0.29, 0.717) is 5.65 Å². The first-order valence-corrected chi connectivity index (χ1v) is 7.26. The largest absolute Gasteiger partial charge is 0.285 e. The molecule has 0 aliphatic rings. The van der Waals surface area contributed by atoms with Gasteiger partial charge in [-0.05, 0) is 19.9 Å². The van der Waals surface area contributed by atoms with Crippen LogP contribution >= 0.6 is 0 Å². The Bertz CT molecular complexity index is 982. The van der Waals surface area contributed by atoms with E-state index in [0.717, 1.165) is 39.3 Å². The van der Waals surface area contributed by atoms with Crippen LogP contribution in [0.2, 0.25) is 0 Å². The molecular weight excluding hydrogens is 290 g/mol. The first-order chi connectivity index (χ1) is 11.1. The number of pyridine rings is 1. The number of aromatic amines is 1. The summed E-state index contributed by atoms with van der Waals surface area (Å²) < 4.78 is 1.84. The van der Waals surface area contributed by atoms with Crippen molar-refractivity contribution in [2.45, 2.75) is 13.8 Å². The molecule has 0 unspecified atom stereocenters. The van der Waals surface area contributed by atoms with E-state index >= 15 is 0 Å². The van der Waals surface area contributed by atoms with Gasteiger partial charge in [-0.1, -0.05) is 0 Å². The van der Waals surface area contributed by atoms with E-state index in [1.165, 1.54) is 0 Å². The SMILES string of the molecule is Cc1cnc(-c2cc(-c3cn[nH]c3)nc3nn(C)c(C)c23)cn1. The van der Waals surface area contributed by atoms with Crippen LogP contribution in [-0.2, 0) is 7.05 Å². The van der Waals surface area contributed by atoms with Crippen molar-refractivity contribution in [1.29, 1.82) is 0 Å². The average molecular weight is 305 g/mol. The van der Waals surface area contributed by atoms with Crippen molar-refractivity contribution in [1.82, 2.24) is 34.9 Å². The van der Waals surface area contributed by atoms with Crippen LogP contribution in [0, 0.1) is 13.8 Å². The first kappa shape index (κ1) is 13.6. The van der Waals surface area contributed by atoms with Crippen LogP contribution < -0.4 is 0 Å². The van der Waals surface area contributed by atoms with E-state index in [9.17, 15) is 0 Å². The lowest BCUT2D eigenvalue weighted by atomic mass is 10.0. The minimum Gasteiger partial charge on any atom is -0.285 e. The fraction of sp³-hybridized carbons (Fsp3) is 0.188. The molecule has 0 aliphatic heterocycles. The van der Waals surface area contributed by atoms with Gasteiger partial charge in [-0.3, -0.25) is 19.7 Å². The maximum Gasteiger partial charge on any atom is 0.182 e. The van der Waals surface area contributed by atoms with Crippen molar-refractivity contribution < 1.29 is 0 Å². The van der Waals surface area contributed by atoms with E-state index in [1.54, 1.807) is 18.6 Å². The maximum absolute atomic E-state index is 4.66. The molecular formula is C16H15N7. The summed E-state index contributed by atoms with van der Waals surface area (Å²) in [6.45, 7) is 3.95. The fourth-order valence-corrected chi connectivity index (χ4v) is 2.61. The van der Waals surface area contributed by atoms with Gasteiger partial charge in [-0.25, -0.2) is 4.98 Å². The van der Waals surface area contributed by atoms with Gasteiger partial charge in [-0.15, -0.1) is 0 Å². The van der Waals surface area contributed by atoms with Crippen LogP contribution in [-0.4, -0.2) is 34.9 Å². The Labute approximate surface area is 132 Å². The first-order valence-electron chi connectivity index (χ1n) is 7.26. The van der Waals surface area contributed by atoms with Crippen LogP contribution in [0.1, 0.15) is 11.4 Å². The van der Waals surface area contributed by atoms with E-state index in [1.807, 2.05) is 37.8 Å². The third-order valence-electron chi connectivity index (χ3n) is 3.94. The standard InChI is InChI=1S/C16H15N7/c1-9-5-18-14(8-17-9)12-4-13(11-6-19-20-7-11)21-16-15(12)10(2)23(3)22-16/h4-8H,1-3H3,(H,19,20). The number of hydrogen-bond acceptors (Lipinski definition) is 5. The van der Waals surface area contributed by atoms with E-state index in [-0.39, 0.29) is 0 Å². The quantitative estimate of drug-likeness (QED) is 0.615. The molecule has 4 heterocycles. The van der Waals surface area contributed by atoms with Gasteiger partial charge in [0.2, 0.25) is 0 Å². The summed E-state index contributed by atoms with van der Waals surface area (Å²) in [4.78, 5) is 13.5. The predicted octanol–water partition coefficient (Wildman–Crippen LogP) is 2.43. The summed E-state index contributed by atoms with van der Waals surface area (Å²) in [6.07, 6.45) is 7.11. The Morgan fingerprint density at radius 2 is 1.91 bits per heavy atom. The molecule has 4 rings (SSSR count). The number of H-pyrrole nitrogens is 1. The Balaban J connectivity index is 2.05. The van der Waals surface area contributed by atoms with Crippen molar-refractivity contribution >= 4 is 11.0 Å². The van der Waals surface area contributed by atoms with E-state index in [4.69, 9.17) is 0 Å². The highest BCUT2D eigenvalue weighted by molar-refractivity contribution is 5.95. The normalized spacial score (nSPS) is 11.3. The van der Waals surface area contributed by atoms with Gasteiger partial charge in [0.05, 0.1) is 34.9 Å². The summed E-state index contributed by atoms with van der Waals surface area (Å²) in [7, 11) is 1.92. The third-order valence-corrected chi connectivity index (χ3v) is 3.94. The van der Waals surface area contributed by atoms with Gasteiger partial charge in [0.15, 0.2) is 5.65 Å². The summed E-state index contributed by atoms with van der Waals surface area (Å²) in [5, 5.41) is 12.3. The Morgan fingerprint density at radius 3 is 2.61 bits per heavy atom. The minimum absolute atomic E-state index is 0.695. The molecule has 0 radical (unpaired) electrons. The Kier molecular flexibility index (Phi) is 2.94. The molecule has 1 N–H and O–H groups in total. The lowest BCUT2D eigenvalue weighted by Gasteiger charge is -2.06. The van der Waals surface area contributed by atoms with Gasteiger partial charge in [0.25, 0.3) is 0 Å². The van der Waals surface area contributed by atoms with Gasteiger partial charge < -0.3 is 0 Å². The maximum atomic E-state index is 4.66. The van der Waals surface area contributed by atoms with Crippen molar-refractivity contribution in [3.63, 3.8) is 0 Å². The predicted molar refractivity (Wildman–Crippen MR) is 86.6 cm³/mol. The lowest BCUT2D eigenvalue weighted by molar-refractivity contribution is 0.748. The van der Waals surface area contributed by atoms with Crippen LogP contribution in [0.3, 0.4) is 0 Å². The Morgan fingerprint density at radius 1 is 1.04 bits per heavy atom. The molecule has 0 aromatic carbocycles. The van der Waals surface area contributed by atoms with Crippen molar-refractivity contribution in [3.05, 3.63) is 42.2 Å². The topological polar surface area (TPSA) is 85.2 Å². The van der Waals surface area contributed by atoms with Crippen LogP contribution in [0.25, 0.3) is 33.5 Å². The number of rotatable bonds is 2. The highest BCUT2D eigenvalue weighted by atomic mass is 15.3. The summed E-state index contributed by atoms with van der Waals surface area (Å²) in [6, 6.07) is 2.02. The van der Waals surface area contributed by atoms with Crippen LogP contribution in [0.4, 0.5) is 0 Å². The molecule has 0 saturated carbocycles. The zero-order chi connectivity index (χ0) is 16.0. The molecule has 0 atom stereocenters. The Hall–Kier alpha value is -3.09. The van der Waals surface area contributed by atoms with Crippen LogP contribution in [0.5, 0.6) is 0 Å². The third kappa shape index (κ3) is 2.17. The molecule has 7 heteroatoms. The number of nitrogens with one attached hydrogen (secondary N) is 1. The van der Waals surface area contributed by atoms with Gasteiger partial charge in [0, 0.05) is 36.3 Å². The molecule has 0 aliphatic carbocycles. The summed E-state index contributed by atoms with van der Waals surface area (Å²) in [5.74, 6) is 0. The molecule has 7 nitrogen and oxygen atoms in total. The molecule has 4 aromatic heterocycles. The van der Waals surface area contributed by atoms with Crippen molar-refractivity contribution in [2.75, 3.05) is 0 Å². The monoisotopic (exact) mass is 305 g/mol. The number of hydrogen-bond donors (Lipinski definition) is 1. The molecule has 0 bridgehead atoms. The molecule has 114 valence electrons. The molecule has 0 saturated heterocycles. The number of fused-ring (bicyclic) bond motifs is 1. The second-order valence-corrected chi connectivity index (χ2v) is 5.49. The van der Waals surface area contributed by atoms with Gasteiger partial charge in [0.1, 0.15) is 0 Å². The van der Waals surface area contributed by atoms with E-state index < -0.39 is 0 Å². The van der Waals surface area contributed by atoms with Crippen LogP contribution in [0.15, 0.2) is 30.9 Å². The smallest absolute Gasteiger partial charge is 0.182 e. The average Bonchev–Trinajstić information content (AvgIpc) is 3.17. The number of aromatic nitrogens is 7. The zero-order valence-corrected chi connectivity index (χ0v) is 13.1. The van der Waals surface area contributed by atoms with Crippen molar-refractivity contribution in [2.24, 2.45) is 7.05 Å². The summed E-state index contributed by atoms with van der Waals surface area (Å²) >= 11 is 0. The van der Waals surface area contributed by atoms with E-state index in [2.05, 4.69) is 30.2 Å². The molecule has 0 spiro atoms. The lowest BCUT2D eigenvalue weighted by Crippen LogP contribution is -1.93. The minimum atomic E-state index is 0.695. The zero-order valence-electron chi connectivity index (χ0n) is 13.1. The van der Waals surface area contributed by atoms with Gasteiger partial charge in [-0.2, -0.15) is 10.2 Å². The number of aryl methyl sites for hydroxylation is 3. The second-order valence-electron chi connectivity index (χ2n) is 5.49. The highest BCUT2D eigenvalue weighted by Crippen LogP contribution is 2.32. The summed E-state index contributed by atoms with van der Waals surface area (Å²) in [5.41, 5.74) is 6.13. The fourth-order valence-electron chi connectivity index (χ4n) is 2.61. The van der Waals surface area contributed by atoms with Gasteiger partial charge >= 0.3 is 0 Å². The molecule has 0 fully saturated rings. The van der Waals surface area contributed by atoms with Crippen molar-refractivity contribution in [3.8, 4) is 22.5 Å². The highest BCUT2D eigenvalue weighted by Gasteiger charge is 2.16. The second kappa shape index (κ2) is 4.98. The molecule has 23 heavy (non-hydrogen) atoms. The molecule has 0 amide bonds. The number of nitrogens with zero attached hydrogens (tertiary/aromatic N) is 6.